The van der Waals surface area contributed by atoms with Crippen LogP contribution in [-0.4, -0.2) is 63.1 Å². The molecular weight excluding hydrogens is 350 g/mol. The molecule has 1 aliphatic rings. The quantitative estimate of drug-likeness (QED) is 0.472. The summed E-state index contributed by atoms with van der Waals surface area (Å²) in [5.74, 6) is 2.38. The lowest BCUT2D eigenvalue weighted by Crippen LogP contribution is -2.41. The predicted octanol–water partition coefficient (Wildman–Crippen LogP) is 2.12. The number of likely N-dealkylation sites (tertiary alicyclic amines) is 1. The van der Waals surface area contributed by atoms with Crippen LogP contribution in [0.5, 0.6) is 0 Å². The van der Waals surface area contributed by atoms with Crippen molar-refractivity contribution in [3.63, 3.8) is 0 Å². The van der Waals surface area contributed by atoms with Crippen molar-refractivity contribution in [2.75, 3.05) is 46.3 Å². The minimum atomic E-state index is -0.0499. The average molecular weight is 388 g/mol. The SMILES string of the molecule is CCNC(=NCCN1CC(C)CC(C)C1)NCCc1cccc(C(=O)NC)c1. The van der Waals surface area contributed by atoms with Crippen LogP contribution in [0.15, 0.2) is 29.3 Å². The largest absolute Gasteiger partial charge is 0.357 e. The summed E-state index contributed by atoms with van der Waals surface area (Å²) in [6, 6.07) is 7.77. The molecule has 0 radical (unpaired) electrons. The molecule has 1 aliphatic heterocycles. The summed E-state index contributed by atoms with van der Waals surface area (Å²) < 4.78 is 0. The van der Waals surface area contributed by atoms with E-state index in [1.165, 1.54) is 19.5 Å². The number of amides is 1. The van der Waals surface area contributed by atoms with Crippen LogP contribution < -0.4 is 16.0 Å². The van der Waals surface area contributed by atoms with Gasteiger partial charge < -0.3 is 20.9 Å². The Morgan fingerprint density at radius 2 is 1.96 bits per heavy atom. The number of carbonyl (C=O) groups is 1. The van der Waals surface area contributed by atoms with Crippen molar-refractivity contribution in [1.82, 2.24) is 20.9 Å². The van der Waals surface area contributed by atoms with Crippen molar-refractivity contribution in [1.29, 1.82) is 0 Å². The molecule has 0 spiro atoms. The number of aliphatic imine (C=N–C) groups is 1. The van der Waals surface area contributed by atoms with Crippen molar-refractivity contribution in [3.05, 3.63) is 35.4 Å². The molecule has 1 aromatic carbocycles. The Morgan fingerprint density at radius 1 is 1.21 bits per heavy atom. The summed E-state index contributed by atoms with van der Waals surface area (Å²) in [6.07, 6.45) is 2.18. The molecule has 0 bridgehead atoms. The lowest BCUT2D eigenvalue weighted by molar-refractivity contribution is 0.0963. The van der Waals surface area contributed by atoms with Gasteiger partial charge in [-0.25, -0.2) is 0 Å². The van der Waals surface area contributed by atoms with Gasteiger partial charge in [0.15, 0.2) is 5.96 Å². The highest BCUT2D eigenvalue weighted by atomic mass is 16.1. The average Bonchev–Trinajstić information content (AvgIpc) is 2.67. The van der Waals surface area contributed by atoms with Crippen molar-refractivity contribution < 1.29 is 4.79 Å². The van der Waals surface area contributed by atoms with E-state index in [4.69, 9.17) is 4.99 Å². The standard InChI is InChI=1S/C22H37N5O/c1-5-24-22(26-11-12-27-15-17(2)13-18(3)16-27)25-10-9-19-7-6-8-20(14-19)21(28)23-4/h6-8,14,17-18H,5,9-13,15-16H2,1-4H3,(H,23,28)(H2,24,25,26). The van der Waals surface area contributed by atoms with Crippen LogP contribution >= 0.6 is 0 Å². The summed E-state index contributed by atoms with van der Waals surface area (Å²) in [4.78, 5) is 19.0. The molecule has 0 aromatic heterocycles. The highest BCUT2D eigenvalue weighted by Gasteiger charge is 2.21. The number of benzene rings is 1. The molecule has 3 N–H and O–H groups in total. The van der Waals surface area contributed by atoms with E-state index in [1.54, 1.807) is 7.05 Å². The first-order valence-corrected chi connectivity index (χ1v) is 10.6. The van der Waals surface area contributed by atoms with Gasteiger partial charge in [-0.2, -0.15) is 0 Å². The Balaban J connectivity index is 1.80. The van der Waals surface area contributed by atoms with Gasteiger partial charge in [0.2, 0.25) is 0 Å². The third-order valence-electron chi connectivity index (χ3n) is 5.10. The molecule has 1 heterocycles. The summed E-state index contributed by atoms with van der Waals surface area (Å²) in [7, 11) is 1.65. The summed E-state index contributed by atoms with van der Waals surface area (Å²) in [6.45, 7) is 12.6. The maximum atomic E-state index is 11.8. The Hall–Kier alpha value is -2.08. The number of nitrogens with one attached hydrogen (secondary N) is 3. The van der Waals surface area contributed by atoms with Gasteiger partial charge in [-0.1, -0.05) is 26.0 Å². The smallest absolute Gasteiger partial charge is 0.251 e. The van der Waals surface area contributed by atoms with Gasteiger partial charge in [0.1, 0.15) is 0 Å². The Kier molecular flexibility index (Phi) is 9.28. The molecule has 1 fully saturated rings. The highest BCUT2D eigenvalue weighted by Crippen LogP contribution is 2.20. The first kappa shape index (κ1) is 22.2. The topological polar surface area (TPSA) is 68.8 Å². The van der Waals surface area contributed by atoms with Gasteiger partial charge in [0.05, 0.1) is 6.54 Å². The van der Waals surface area contributed by atoms with Gasteiger partial charge in [-0.05, 0) is 49.3 Å². The zero-order valence-electron chi connectivity index (χ0n) is 17.9. The van der Waals surface area contributed by atoms with Crippen LogP contribution in [-0.2, 0) is 6.42 Å². The normalized spacial score (nSPS) is 20.6. The maximum Gasteiger partial charge on any atom is 0.251 e. The van der Waals surface area contributed by atoms with E-state index in [9.17, 15) is 4.79 Å². The van der Waals surface area contributed by atoms with Crippen molar-refractivity contribution in [3.8, 4) is 0 Å². The lowest BCUT2D eigenvalue weighted by atomic mass is 9.92. The monoisotopic (exact) mass is 387 g/mol. The molecule has 6 heteroatoms. The van der Waals surface area contributed by atoms with Gasteiger partial charge in [0.25, 0.3) is 5.91 Å². The minimum Gasteiger partial charge on any atom is -0.357 e. The van der Waals surface area contributed by atoms with Crippen LogP contribution in [0.4, 0.5) is 0 Å². The van der Waals surface area contributed by atoms with E-state index in [0.29, 0.717) is 5.56 Å². The number of carbonyl (C=O) groups excluding carboxylic acids is 1. The molecule has 2 atom stereocenters. The maximum absolute atomic E-state index is 11.8. The van der Waals surface area contributed by atoms with Gasteiger partial charge >= 0.3 is 0 Å². The molecule has 156 valence electrons. The first-order valence-electron chi connectivity index (χ1n) is 10.6. The second-order valence-electron chi connectivity index (χ2n) is 7.92. The van der Waals surface area contributed by atoms with Crippen LogP contribution in [0.3, 0.4) is 0 Å². The van der Waals surface area contributed by atoms with E-state index >= 15 is 0 Å². The zero-order valence-corrected chi connectivity index (χ0v) is 17.9. The Labute approximate surface area is 170 Å². The number of nitrogens with zero attached hydrogens (tertiary/aromatic N) is 2. The van der Waals surface area contributed by atoms with E-state index in [1.807, 2.05) is 18.2 Å². The van der Waals surface area contributed by atoms with E-state index in [2.05, 4.69) is 47.7 Å². The van der Waals surface area contributed by atoms with Crippen molar-refractivity contribution >= 4 is 11.9 Å². The highest BCUT2D eigenvalue weighted by molar-refractivity contribution is 5.94. The number of rotatable bonds is 8. The summed E-state index contributed by atoms with van der Waals surface area (Å²) in [5.41, 5.74) is 1.84. The molecule has 2 rings (SSSR count). The van der Waals surface area contributed by atoms with Gasteiger partial charge in [-0.15, -0.1) is 0 Å². The molecule has 2 unspecified atom stereocenters. The number of guanidine groups is 1. The fourth-order valence-corrected chi connectivity index (χ4v) is 3.96. The third kappa shape index (κ3) is 7.50. The second-order valence-corrected chi connectivity index (χ2v) is 7.92. The van der Waals surface area contributed by atoms with Crippen LogP contribution in [0, 0.1) is 11.8 Å². The van der Waals surface area contributed by atoms with Crippen LogP contribution in [0.25, 0.3) is 0 Å². The molecule has 28 heavy (non-hydrogen) atoms. The Bertz CT molecular complexity index is 636. The predicted molar refractivity (Wildman–Crippen MR) is 117 cm³/mol. The zero-order chi connectivity index (χ0) is 20.4. The molecule has 1 aromatic rings. The molecule has 0 aliphatic carbocycles. The third-order valence-corrected chi connectivity index (χ3v) is 5.10. The van der Waals surface area contributed by atoms with Crippen molar-refractivity contribution in [2.24, 2.45) is 16.8 Å². The van der Waals surface area contributed by atoms with E-state index in [-0.39, 0.29) is 5.91 Å². The molecular formula is C22H37N5O. The lowest BCUT2D eigenvalue weighted by Gasteiger charge is -2.34. The fraction of sp³-hybridized carbons (Fsp3) is 0.636. The molecule has 1 saturated heterocycles. The van der Waals surface area contributed by atoms with Gasteiger partial charge in [0, 0.05) is 45.3 Å². The van der Waals surface area contributed by atoms with Gasteiger partial charge in [-0.3, -0.25) is 9.79 Å². The number of hydrogen-bond donors (Lipinski definition) is 3. The van der Waals surface area contributed by atoms with Crippen molar-refractivity contribution in [2.45, 2.75) is 33.6 Å². The van der Waals surface area contributed by atoms with E-state index < -0.39 is 0 Å². The summed E-state index contributed by atoms with van der Waals surface area (Å²) in [5, 5.41) is 9.39. The molecule has 6 nitrogen and oxygen atoms in total. The summed E-state index contributed by atoms with van der Waals surface area (Å²) >= 11 is 0. The first-order chi connectivity index (χ1) is 13.5. The molecule has 1 amide bonds. The van der Waals surface area contributed by atoms with E-state index in [0.717, 1.165) is 56.0 Å². The fourth-order valence-electron chi connectivity index (χ4n) is 3.96. The number of hydrogen-bond acceptors (Lipinski definition) is 3. The molecule has 0 saturated carbocycles. The number of piperidine rings is 1. The second kappa shape index (κ2) is 11.7. The minimum absolute atomic E-state index is 0.0499. The van der Waals surface area contributed by atoms with Crippen LogP contribution in [0.1, 0.15) is 43.1 Å². The van der Waals surface area contributed by atoms with Crippen LogP contribution in [0.2, 0.25) is 0 Å². The Morgan fingerprint density at radius 3 is 2.64 bits per heavy atom.